The Morgan fingerprint density at radius 1 is 0.970 bits per heavy atom. The lowest BCUT2D eigenvalue weighted by molar-refractivity contribution is -0.113. The third-order valence-electron chi connectivity index (χ3n) is 5.36. The van der Waals surface area contributed by atoms with Crippen LogP contribution in [0.3, 0.4) is 0 Å². The molecule has 1 amide bonds. The van der Waals surface area contributed by atoms with Crippen molar-refractivity contribution in [2.24, 2.45) is 0 Å². The molecular formula is C26H23N3O3S. The second-order valence-electron chi connectivity index (χ2n) is 7.61. The second-order valence-corrected chi connectivity index (χ2v) is 8.55. The average molecular weight is 458 g/mol. The monoisotopic (exact) mass is 457 g/mol. The number of thioether (sulfide) groups is 1. The summed E-state index contributed by atoms with van der Waals surface area (Å²) in [7, 11) is 0. The Kier molecular flexibility index (Phi) is 6.70. The van der Waals surface area contributed by atoms with E-state index in [4.69, 9.17) is 4.98 Å². The molecule has 3 aromatic carbocycles. The summed E-state index contributed by atoms with van der Waals surface area (Å²) >= 11 is 1.20. The van der Waals surface area contributed by atoms with Crippen LogP contribution >= 0.6 is 11.8 Å². The first kappa shape index (κ1) is 22.5. The van der Waals surface area contributed by atoms with Gasteiger partial charge in [0.05, 0.1) is 28.4 Å². The summed E-state index contributed by atoms with van der Waals surface area (Å²) in [6, 6.07) is 23.5. The summed E-state index contributed by atoms with van der Waals surface area (Å²) in [6.45, 7) is 3.41. The van der Waals surface area contributed by atoms with Crippen molar-refractivity contribution < 1.29 is 9.59 Å². The minimum absolute atomic E-state index is 0.0402. The van der Waals surface area contributed by atoms with Crippen molar-refractivity contribution in [1.82, 2.24) is 9.55 Å². The number of carbonyl (C=O) groups is 2. The Labute approximate surface area is 195 Å². The number of benzene rings is 3. The van der Waals surface area contributed by atoms with Crippen molar-refractivity contribution in [1.29, 1.82) is 0 Å². The van der Waals surface area contributed by atoms with Gasteiger partial charge in [-0.15, -0.1) is 0 Å². The largest absolute Gasteiger partial charge is 0.325 e. The fraction of sp³-hybridized carbons (Fsp3) is 0.154. The lowest BCUT2D eigenvalue weighted by atomic mass is 10.1. The third-order valence-corrected chi connectivity index (χ3v) is 6.31. The molecule has 166 valence electrons. The normalized spacial score (nSPS) is 11.8. The van der Waals surface area contributed by atoms with Gasteiger partial charge in [0, 0.05) is 5.56 Å². The second kappa shape index (κ2) is 9.83. The van der Waals surface area contributed by atoms with Crippen LogP contribution in [-0.4, -0.2) is 27.0 Å². The van der Waals surface area contributed by atoms with Crippen LogP contribution in [0.15, 0.2) is 88.8 Å². The minimum Gasteiger partial charge on any atom is -0.325 e. The van der Waals surface area contributed by atoms with E-state index in [0.717, 1.165) is 5.56 Å². The van der Waals surface area contributed by atoms with Crippen LogP contribution < -0.4 is 10.9 Å². The van der Waals surface area contributed by atoms with E-state index < -0.39 is 0 Å². The van der Waals surface area contributed by atoms with Crippen molar-refractivity contribution in [2.75, 3.05) is 11.1 Å². The summed E-state index contributed by atoms with van der Waals surface area (Å²) in [5, 5.41) is 3.79. The van der Waals surface area contributed by atoms with E-state index in [2.05, 4.69) is 5.32 Å². The van der Waals surface area contributed by atoms with E-state index in [1.54, 1.807) is 41.0 Å². The fourth-order valence-electron chi connectivity index (χ4n) is 3.67. The zero-order valence-electron chi connectivity index (χ0n) is 18.3. The topological polar surface area (TPSA) is 81.1 Å². The van der Waals surface area contributed by atoms with Gasteiger partial charge in [0.1, 0.15) is 0 Å². The summed E-state index contributed by atoms with van der Waals surface area (Å²) in [4.78, 5) is 42.6. The highest BCUT2D eigenvalue weighted by Gasteiger charge is 2.19. The summed E-state index contributed by atoms with van der Waals surface area (Å²) in [5.74, 6) is -0.367. The molecule has 1 aromatic heterocycles. The van der Waals surface area contributed by atoms with Gasteiger partial charge in [-0.05, 0) is 43.7 Å². The molecule has 1 unspecified atom stereocenters. The number of amides is 1. The molecular weight excluding hydrogens is 434 g/mol. The summed E-state index contributed by atoms with van der Waals surface area (Å²) in [6.07, 6.45) is 0. The Bertz CT molecular complexity index is 1380. The number of nitrogens with one attached hydrogen (secondary N) is 1. The molecule has 0 aliphatic rings. The molecule has 1 N–H and O–H groups in total. The predicted octanol–water partition coefficient (Wildman–Crippen LogP) is 4.94. The lowest BCUT2D eigenvalue weighted by Gasteiger charge is -2.20. The van der Waals surface area contributed by atoms with Gasteiger partial charge in [0.25, 0.3) is 5.56 Å². The first-order valence-electron chi connectivity index (χ1n) is 10.5. The van der Waals surface area contributed by atoms with Gasteiger partial charge in [0.2, 0.25) is 5.91 Å². The number of hydrogen-bond acceptors (Lipinski definition) is 5. The molecule has 7 heteroatoms. The molecule has 0 radical (unpaired) electrons. The van der Waals surface area contributed by atoms with E-state index >= 15 is 0 Å². The van der Waals surface area contributed by atoms with Gasteiger partial charge >= 0.3 is 0 Å². The van der Waals surface area contributed by atoms with E-state index in [9.17, 15) is 14.4 Å². The molecule has 1 heterocycles. The molecule has 0 saturated heterocycles. The number of Topliss-reactive ketones (excluding diaryl/α,β-unsaturated/α-hetero) is 1. The maximum absolute atomic E-state index is 13.4. The molecule has 0 bridgehead atoms. The Morgan fingerprint density at radius 3 is 2.39 bits per heavy atom. The molecule has 4 rings (SSSR count). The zero-order chi connectivity index (χ0) is 23.4. The first-order chi connectivity index (χ1) is 16.0. The van der Waals surface area contributed by atoms with Gasteiger partial charge in [-0.25, -0.2) is 4.98 Å². The Hall–Kier alpha value is -3.71. The van der Waals surface area contributed by atoms with Crippen LogP contribution in [-0.2, 0) is 4.79 Å². The van der Waals surface area contributed by atoms with Gasteiger partial charge < -0.3 is 5.32 Å². The summed E-state index contributed by atoms with van der Waals surface area (Å²) < 4.78 is 1.64. The van der Waals surface area contributed by atoms with Crippen LogP contribution in [0.2, 0.25) is 0 Å². The number of rotatable bonds is 7. The number of aromatic nitrogens is 2. The minimum atomic E-state index is -0.282. The van der Waals surface area contributed by atoms with Crippen molar-refractivity contribution in [3.8, 4) is 0 Å². The molecule has 0 spiro atoms. The SMILES string of the molecule is CC(=O)c1ccccc1NC(=O)CSc1nc2ccccc2c(=O)n1C(C)c1ccccc1. The standard InChI is InChI=1S/C26H23N3O3S/c1-17(19-10-4-3-5-11-19)29-25(32)21-13-7-9-15-23(21)28-26(29)33-16-24(31)27-22-14-8-6-12-20(22)18(2)30/h3-15,17H,16H2,1-2H3,(H,27,31). The van der Waals surface area contributed by atoms with Gasteiger partial charge in [0.15, 0.2) is 10.9 Å². The highest BCUT2D eigenvalue weighted by atomic mass is 32.2. The fourth-order valence-corrected chi connectivity index (χ4v) is 4.54. The van der Waals surface area contributed by atoms with Crippen LogP contribution in [0.25, 0.3) is 10.9 Å². The number of nitrogens with zero attached hydrogens (tertiary/aromatic N) is 2. The molecule has 6 nitrogen and oxygen atoms in total. The molecule has 0 aliphatic carbocycles. The van der Waals surface area contributed by atoms with Crippen LogP contribution in [0.4, 0.5) is 5.69 Å². The van der Waals surface area contributed by atoms with Gasteiger partial charge in [-0.3, -0.25) is 19.0 Å². The number of fused-ring (bicyclic) bond motifs is 1. The van der Waals surface area contributed by atoms with Crippen LogP contribution in [0, 0.1) is 0 Å². The smallest absolute Gasteiger partial charge is 0.262 e. The maximum Gasteiger partial charge on any atom is 0.262 e. The Morgan fingerprint density at radius 2 is 1.64 bits per heavy atom. The van der Waals surface area contributed by atoms with E-state index in [0.29, 0.717) is 27.3 Å². The zero-order valence-corrected chi connectivity index (χ0v) is 19.1. The number of carbonyl (C=O) groups excluding carboxylic acids is 2. The molecule has 0 saturated carbocycles. The number of hydrogen-bond donors (Lipinski definition) is 1. The molecule has 1 atom stereocenters. The molecule has 4 aromatic rings. The van der Waals surface area contributed by atoms with E-state index in [1.165, 1.54) is 18.7 Å². The number of anilines is 1. The Balaban J connectivity index is 1.65. The van der Waals surface area contributed by atoms with Crippen molar-refractivity contribution in [2.45, 2.75) is 25.0 Å². The quantitative estimate of drug-likeness (QED) is 0.242. The number of ketones is 1. The molecule has 33 heavy (non-hydrogen) atoms. The average Bonchev–Trinajstić information content (AvgIpc) is 2.83. The van der Waals surface area contributed by atoms with Gasteiger partial charge in [-0.2, -0.15) is 0 Å². The summed E-state index contributed by atoms with van der Waals surface area (Å²) in [5.41, 5.74) is 2.33. The van der Waals surface area contributed by atoms with E-state index in [-0.39, 0.29) is 29.0 Å². The van der Waals surface area contributed by atoms with Crippen molar-refractivity contribution in [3.05, 3.63) is 100 Å². The first-order valence-corrected chi connectivity index (χ1v) is 11.5. The maximum atomic E-state index is 13.4. The van der Waals surface area contributed by atoms with Crippen LogP contribution in [0.1, 0.15) is 35.8 Å². The molecule has 0 fully saturated rings. The van der Waals surface area contributed by atoms with Gasteiger partial charge in [-0.1, -0.05) is 66.4 Å². The lowest BCUT2D eigenvalue weighted by Crippen LogP contribution is -2.27. The van der Waals surface area contributed by atoms with Crippen LogP contribution in [0.5, 0.6) is 0 Å². The highest BCUT2D eigenvalue weighted by molar-refractivity contribution is 7.99. The van der Waals surface area contributed by atoms with Crippen molar-refractivity contribution in [3.63, 3.8) is 0 Å². The van der Waals surface area contributed by atoms with Crippen molar-refractivity contribution >= 4 is 40.0 Å². The highest BCUT2D eigenvalue weighted by Crippen LogP contribution is 2.25. The predicted molar refractivity (Wildman–Crippen MR) is 132 cm³/mol. The molecule has 0 aliphatic heterocycles. The van der Waals surface area contributed by atoms with E-state index in [1.807, 2.05) is 49.4 Å². The third kappa shape index (κ3) is 4.88. The number of para-hydroxylation sites is 2.